The highest BCUT2D eigenvalue weighted by atomic mass is 32.2. The molecule has 2 aromatic heterocycles. The molecule has 4 rings (SSSR count). The van der Waals surface area contributed by atoms with Crippen molar-refractivity contribution in [2.75, 3.05) is 11.1 Å². The van der Waals surface area contributed by atoms with E-state index >= 15 is 0 Å². The molecule has 1 unspecified atom stereocenters. The van der Waals surface area contributed by atoms with Gasteiger partial charge in [-0.05, 0) is 64.2 Å². The van der Waals surface area contributed by atoms with E-state index < -0.39 is 11.9 Å². The third-order valence-corrected chi connectivity index (χ3v) is 7.73. The van der Waals surface area contributed by atoms with Crippen LogP contribution >= 0.6 is 23.1 Å². The number of anilines is 1. The van der Waals surface area contributed by atoms with Crippen LogP contribution in [0.3, 0.4) is 0 Å². The van der Waals surface area contributed by atoms with Crippen LogP contribution in [0.25, 0.3) is 0 Å². The highest BCUT2D eigenvalue weighted by molar-refractivity contribution is 7.99. The van der Waals surface area contributed by atoms with E-state index in [4.69, 9.17) is 4.74 Å². The first-order valence-corrected chi connectivity index (χ1v) is 13.0. The number of nitrogens with zero attached hydrogens (tertiary/aromatic N) is 4. The minimum Gasteiger partial charge on any atom is -0.480 e. The zero-order valence-corrected chi connectivity index (χ0v) is 20.9. The number of nitriles is 1. The van der Waals surface area contributed by atoms with Gasteiger partial charge in [-0.3, -0.25) is 4.79 Å². The SMILES string of the molecule is CC(Oc1ccccc1F)c1nnc(SCC(=O)Nc2sc3c(c2C#N)CCCC3)n1C(C)C. The molecule has 1 aliphatic rings. The van der Waals surface area contributed by atoms with Gasteiger partial charge in [0.05, 0.1) is 11.3 Å². The van der Waals surface area contributed by atoms with Crippen LogP contribution in [-0.4, -0.2) is 26.4 Å². The van der Waals surface area contributed by atoms with Crippen LogP contribution in [0, 0.1) is 17.1 Å². The fraction of sp³-hybridized carbons (Fsp3) is 0.417. The molecule has 0 radical (unpaired) electrons. The van der Waals surface area contributed by atoms with Gasteiger partial charge >= 0.3 is 0 Å². The predicted molar refractivity (Wildman–Crippen MR) is 131 cm³/mol. The number of carbonyl (C=O) groups excluding carboxylic acids is 1. The van der Waals surface area contributed by atoms with E-state index in [1.54, 1.807) is 25.1 Å². The Hall–Kier alpha value is -2.90. The predicted octanol–water partition coefficient (Wildman–Crippen LogP) is 5.68. The third-order valence-electron chi connectivity index (χ3n) is 5.58. The number of thioether (sulfide) groups is 1. The number of amides is 1. The van der Waals surface area contributed by atoms with Crippen molar-refractivity contribution in [1.29, 1.82) is 5.26 Å². The maximum atomic E-state index is 14.0. The maximum absolute atomic E-state index is 14.0. The zero-order chi connectivity index (χ0) is 24.2. The molecule has 178 valence electrons. The van der Waals surface area contributed by atoms with Gasteiger partial charge in [-0.1, -0.05) is 23.9 Å². The molecule has 34 heavy (non-hydrogen) atoms. The summed E-state index contributed by atoms with van der Waals surface area (Å²) < 4.78 is 21.7. The number of thiophene rings is 1. The van der Waals surface area contributed by atoms with Crippen LogP contribution in [0.2, 0.25) is 0 Å². The number of aryl methyl sites for hydroxylation is 1. The van der Waals surface area contributed by atoms with Gasteiger partial charge < -0.3 is 14.6 Å². The molecule has 1 amide bonds. The molecule has 7 nitrogen and oxygen atoms in total. The summed E-state index contributed by atoms with van der Waals surface area (Å²) in [7, 11) is 0. The van der Waals surface area contributed by atoms with Crippen molar-refractivity contribution in [3.8, 4) is 11.8 Å². The summed E-state index contributed by atoms with van der Waals surface area (Å²) in [5.74, 6) is 0.187. The van der Waals surface area contributed by atoms with Crippen molar-refractivity contribution in [2.24, 2.45) is 0 Å². The average molecular weight is 500 g/mol. The Morgan fingerprint density at radius 1 is 1.29 bits per heavy atom. The van der Waals surface area contributed by atoms with Crippen LogP contribution in [-0.2, 0) is 17.6 Å². The van der Waals surface area contributed by atoms with Crippen LogP contribution < -0.4 is 10.1 Å². The molecular formula is C24H26FN5O2S2. The number of hydrogen-bond acceptors (Lipinski definition) is 7. The second kappa shape index (κ2) is 10.6. The summed E-state index contributed by atoms with van der Waals surface area (Å²) in [5, 5.41) is 22.3. The van der Waals surface area contributed by atoms with Crippen molar-refractivity contribution in [2.45, 2.75) is 63.8 Å². The quantitative estimate of drug-likeness (QED) is 0.401. The van der Waals surface area contributed by atoms with Crippen molar-refractivity contribution in [3.63, 3.8) is 0 Å². The molecule has 0 fully saturated rings. The van der Waals surface area contributed by atoms with E-state index in [0.717, 1.165) is 31.2 Å². The lowest BCUT2D eigenvalue weighted by molar-refractivity contribution is -0.113. The molecule has 1 atom stereocenters. The zero-order valence-electron chi connectivity index (χ0n) is 19.3. The van der Waals surface area contributed by atoms with E-state index in [9.17, 15) is 14.4 Å². The molecule has 1 aromatic carbocycles. The molecule has 1 N–H and O–H groups in total. The lowest BCUT2D eigenvalue weighted by Gasteiger charge is -2.19. The molecule has 0 spiro atoms. The summed E-state index contributed by atoms with van der Waals surface area (Å²) in [4.78, 5) is 13.9. The summed E-state index contributed by atoms with van der Waals surface area (Å²) in [6.45, 7) is 5.77. The number of benzene rings is 1. The number of nitrogens with one attached hydrogen (secondary N) is 1. The largest absolute Gasteiger partial charge is 0.480 e. The molecule has 0 saturated heterocycles. The van der Waals surface area contributed by atoms with E-state index in [1.807, 2.05) is 18.4 Å². The maximum Gasteiger partial charge on any atom is 0.235 e. The van der Waals surface area contributed by atoms with Gasteiger partial charge in [0.1, 0.15) is 11.1 Å². The molecule has 2 heterocycles. The number of ether oxygens (including phenoxy) is 1. The van der Waals surface area contributed by atoms with E-state index in [0.29, 0.717) is 21.5 Å². The summed E-state index contributed by atoms with van der Waals surface area (Å²) in [6, 6.07) is 8.51. The van der Waals surface area contributed by atoms with Gasteiger partial charge in [-0.15, -0.1) is 21.5 Å². The molecule has 0 saturated carbocycles. The standard InChI is InChI=1S/C24H26FN5O2S2/c1-14(2)30-22(15(3)32-19-10-6-5-9-18(19)25)28-29-24(30)33-13-21(31)27-23-17(12-26)16-8-4-7-11-20(16)34-23/h5-6,9-10,14-15H,4,7-8,11,13H2,1-3H3,(H,27,31). The summed E-state index contributed by atoms with van der Waals surface area (Å²) in [6.07, 6.45) is 3.52. The minimum absolute atomic E-state index is 0.0106. The number of rotatable bonds is 8. The number of hydrogen-bond donors (Lipinski definition) is 1. The van der Waals surface area contributed by atoms with Gasteiger partial charge in [0.2, 0.25) is 5.91 Å². The van der Waals surface area contributed by atoms with E-state index in [1.165, 1.54) is 34.0 Å². The van der Waals surface area contributed by atoms with Gasteiger partial charge in [-0.2, -0.15) is 5.26 Å². The summed E-state index contributed by atoms with van der Waals surface area (Å²) >= 11 is 2.78. The van der Waals surface area contributed by atoms with E-state index in [2.05, 4.69) is 21.6 Å². The topological polar surface area (TPSA) is 92.8 Å². The van der Waals surface area contributed by atoms with Crippen molar-refractivity contribution < 1.29 is 13.9 Å². The van der Waals surface area contributed by atoms with Crippen LogP contribution in [0.15, 0.2) is 29.4 Å². The van der Waals surface area contributed by atoms with Gasteiger partial charge in [0.25, 0.3) is 0 Å². The first-order valence-electron chi connectivity index (χ1n) is 11.2. The Bertz CT molecular complexity index is 1230. The fourth-order valence-corrected chi connectivity index (χ4v) is 6.13. The second-order valence-corrected chi connectivity index (χ2v) is 10.4. The minimum atomic E-state index is -0.536. The number of halogens is 1. The normalized spacial score (nSPS) is 13.9. The average Bonchev–Trinajstić information content (AvgIpc) is 3.40. The first kappa shape index (κ1) is 24.2. The highest BCUT2D eigenvalue weighted by Gasteiger charge is 2.24. The molecule has 0 aliphatic heterocycles. The Kier molecular flexibility index (Phi) is 7.54. The Morgan fingerprint density at radius 3 is 2.79 bits per heavy atom. The third kappa shape index (κ3) is 5.10. The molecule has 3 aromatic rings. The second-order valence-electron chi connectivity index (χ2n) is 8.36. The molecule has 1 aliphatic carbocycles. The number of carbonyl (C=O) groups is 1. The fourth-order valence-electron chi connectivity index (χ4n) is 4.00. The Morgan fingerprint density at radius 2 is 2.06 bits per heavy atom. The Labute approximate surface area is 206 Å². The highest BCUT2D eigenvalue weighted by Crippen LogP contribution is 2.38. The summed E-state index contributed by atoms with van der Waals surface area (Å²) in [5.41, 5.74) is 1.69. The first-order chi connectivity index (χ1) is 16.4. The molecule has 10 heteroatoms. The molecule has 0 bridgehead atoms. The van der Waals surface area contributed by atoms with Crippen molar-refractivity contribution >= 4 is 34.0 Å². The lowest BCUT2D eigenvalue weighted by Crippen LogP contribution is -2.16. The molecular weight excluding hydrogens is 473 g/mol. The smallest absolute Gasteiger partial charge is 0.235 e. The van der Waals surface area contributed by atoms with Crippen LogP contribution in [0.5, 0.6) is 5.75 Å². The van der Waals surface area contributed by atoms with E-state index in [-0.39, 0.29) is 23.5 Å². The van der Waals surface area contributed by atoms with Crippen molar-refractivity contribution in [3.05, 3.63) is 51.9 Å². The Balaban J connectivity index is 1.45. The lowest BCUT2D eigenvalue weighted by atomic mass is 9.96. The van der Waals surface area contributed by atoms with Gasteiger partial charge in [0, 0.05) is 10.9 Å². The van der Waals surface area contributed by atoms with Gasteiger partial charge in [0.15, 0.2) is 28.7 Å². The van der Waals surface area contributed by atoms with Gasteiger partial charge in [-0.25, -0.2) is 4.39 Å². The van der Waals surface area contributed by atoms with Crippen molar-refractivity contribution in [1.82, 2.24) is 14.8 Å². The number of para-hydroxylation sites is 1. The number of fused-ring (bicyclic) bond motifs is 1. The van der Waals surface area contributed by atoms with Crippen LogP contribution in [0.1, 0.15) is 67.6 Å². The monoisotopic (exact) mass is 499 g/mol. The number of aromatic nitrogens is 3. The van der Waals surface area contributed by atoms with Crippen LogP contribution in [0.4, 0.5) is 9.39 Å².